The van der Waals surface area contributed by atoms with Crippen LogP contribution in [-0.4, -0.2) is 90.5 Å². The van der Waals surface area contributed by atoms with Gasteiger partial charge in [-0.25, -0.2) is 9.37 Å². The fourth-order valence-electron chi connectivity index (χ4n) is 7.52. The van der Waals surface area contributed by atoms with Crippen LogP contribution in [-0.2, 0) is 19.2 Å². The van der Waals surface area contributed by atoms with Crippen molar-refractivity contribution in [2.45, 2.75) is 64.0 Å². The number of nitrogens with one attached hydrogen (secondary N) is 2. The normalized spacial score (nSPS) is 18.3. The Morgan fingerprint density at radius 3 is 2.04 bits per heavy atom. The highest BCUT2D eigenvalue weighted by atomic mass is 32.1. The molecule has 0 spiro atoms. The van der Waals surface area contributed by atoms with E-state index in [2.05, 4.69) is 15.6 Å². The predicted octanol–water partition coefficient (Wildman–Crippen LogP) is 6.14. The lowest BCUT2D eigenvalue weighted by atomic mass is 9.86. The number of hydrogen-bond acceptors (Lipinski definition) is 10. The third kappa shape index (κ3) is 8.13. The number of nitrogens with zero attached hydrogens (tertiary/aromatic N) is 3. The zero-order valence-corrected chi connectivity index (χ0v) is 33.0. The molecule has 13 nitrogen and oxygen atoms in total. The summed E-state index contributed by atoms with van der Waals surface area (Å²) in [5.41, 5.74) is 0.314. The minimum absolute atomic E-state index is 0.00758. The first-order valence-corrected chi connectivity index (χ1v) is 19.3. The molecule has 3 heterocycles. The van der Waals surface area contributed by atoms with Gasteiger partial charge < -0.3 is 34.1 Å². The summed E-state index contributed by atoms with van der Waals surface area (Å²) < 4.78 is 37.0. The Morgan fingerprint density at radius 2 is 1.48 bits per heavy atom. The molecule has 56 heavy (non-hydrogen) atoms. The fourth-order valence-corrected chi connectivity index (χ4v) is 8.20. The highest BCUT2D eigenvalue weighted by molar-refractivity contribution is 7.13. The van der Waals surface area contributed by atoms with Crippen molar-refractivity contribution in [1.29, 1.82) is 0 Å². The van der Waals surface area contributed by atoms with Crippen LogP contribution in [0.15, 0.2) is 66.0 Å². The third-order valence-electron chi connectivity index (χ3n) is 10.2. The number of rotatable bonds is 15. The summed E-state index contributed by atoms with van der Waals surface area (Å²) in [7, 11) is 3.08. The molecule has 15 heteroatoms. The summed E-state index contributed by atoms with van der Waals surface area (Å²) in [4.78, 5) is 65.5. The van der Waals surface area contributed by atoms with Crippen LogP contribution < -0.4 is 29.6 Å². The van der Waals surface area contributed by atoms with E-state index in [4.69, 9.17) is 18.9 Å². The Kier molecular flexibility index (Phi) is 12.1. The molecule has 296 valence electrons. The Labute approximate surface area is 329 Å². The number of aryl methyl sites for hydroxylation is 1. The van der Waals surface area contributed by atoms with E-state index in [9.17, 15) is 23.6 Å². The number of halogens is 1. The van der Waals surface area contributed by atoms with Crippen LogP contribution in [0.25, 0.3) is 0 Å². The summed E-state index contributed by atoms with van der Waals surface area (Å²) in [6.07, 6.45) is 0.0195. The first-order valence-electron chi connectivity index (χ1n) is 18.4. The molecule has 2 fully saturated rings. The molecule has 0 radical (unpaired) electrons. The number of likely N-dealkylation sites (tertiary alicyclic amines) is 2. The van der Waals surface area contributed by atoms with E-state index in [1.807, 2.05) is 38.1 Å². The van der Waals surface area contributed by atoms with Crippen molar-refractivity contribution in [2.75, 3.05) is 51.2 Å². The van der Waals surface area contributed by atoms with Crippen LogP contribution >= 0.6 is 11.3 Å². The molecule has 3 aromatic carbocycles. The molecule has 0 aliphatic carbocycles. The Balaban J connectivity index is 1.44. The second-order valence-electron chi connectivity index (χ2n) is 13.8. The molecule has 4 amide bonds. The highest BCUT2D eigenvalue weighted by Crippen LogP contribution is 2.42. The quantitative estimate of drug-likeness (QED) is 0.145. The van der Waals surface area contributed by atoms with Gasteiger partial charge in [-0.3, -0.25) is 24.5 Å². The maximum absolute atomic E-state index is 14.9. The molecule has 0 bridgehead atoms. The first-order chi connectivity index (χ1) is 26.9. The maximum Gasteiger partial charge on any atom is 0.254 e. The minimum atomic E-state index is -2.00. The summed E-state index contributed by atoms with van der Waals surface area (Å²) in [6, 6.07) is 14.6. The van der Waals surface area contributed by atoms with E-state index < -0.39 is 52.9 Å². The highest BCUT2D eigenvalue weighted by Gasteiger charge is 2.58. The lowest BCUT2D eigenvalue weighted by molar-refractivity contribution is -0.153. The fraction of sp³-hybridized carbons (Fsp3) is 0.390. The molecule has 4 aromatic rings. The molecule has 6 rings (SSSR count). The standard InChI is InChI=1S/C41H46FN5O8S/c1-7-54-33-16-25(12-14-31(33)52-5)27-18-35(48)46(21-27)37(38(50)44-30-11-9-10-29(42)20-30)41(4,39(51)45-40-43-24(3)23-56-40)47-22-28(19-36(47)49)26-13-15-32(53-6)34(17-26)55-8-2/h9-17,20,23,27-28,37H,7-8,18-19,21-22H2,1-6H3,(H,44,50)(H,43,45,51). The molecule has 0 saturated carbocycles. The number of methoxy groups -OCH3 is 2. The first kappa shape index (κ1) is 40.0. The smallest absolute Gasteiger partial charge is 0.254 e. The molecule has 1 aromatic heterocycles. The van der Waals surface area contributed by atoms with Gasteiger partial charge in [0.25, 0.3) is 5.91 Å². The van der Waals surface area contributed by atoms with Crippen molar-refractivity contribution in [1.82, 2.24) is 14.8 Å². The van der Waals surface area contributed by atoms with Gasteiger partial charge in [0, 0.05) is 48.8 Å². The Bertz CT molecular complexity index is 2110. The molecule has 4 atom stereocenters. The number of aromatic nitrogens is 1. The van der Waals surface area contributed by atoms with Crippen LogP contribution in [0.5, 0.6) is 23.0 Å². The van der Waals surface area contributed by atoms with E-state index in [-0.39, 0.29) is 36.8 Å². The van der Waals surface area contributed by atoms with Gasteiger partial charge in [0.2, 0.25) is 17.7 Å². The van der Waals surface area contributed by atoms with E-state index >= 15 is 0 Å². The van der Waals surface area contributed by atoms with Crippen molar-refractivity contribution >= 4 is 45.8 Å². The number of ether oxygens (including phenoxy) is 4. The summed E-state index contributed by atoms with van der Waals surface area (Å²) in [5.74, 6) is -1.66. The molecule has 2 saturated heterocycles. The second-order valence-corrected chi connectivity index (χ2v) is 14.7. The molecule has 2 aliphatic heterocycles. The zero-order chi connectivity index (χ0) is 40.1. The van der Waals surface area contributed by atoms with Gasteiger partial charge in [-0.2, -0.15) is 0 Å². The van der Waals surface area contributed by atoms with Crippen LogP contribution in [0, 0.1) is 12.7 Å². The summed E-state index contributed by atoms with van der Waals surface area (Å²) in [5, 5.41) is 7.62. The molecule has 2 aliphatic rings. The number of carbonyl (C=O) groups excluding carboxylic acids is 4. The monoisotopic (exact) mass is 787 g/mol. The SMILES string of the molecule is CCOc1cc(C2CC(=O)N(C(C(=O)Nc3cccc(F)c3)C(C)(C(=O)Nc3nc(C)cs3)N3CC(c4ccc(OC)c(OCC)c4)CC3=O)C2)ccc1OC. The topological polar surface area (TPSA) is 149 Å². The van der Waals surface area contributed by atoms with Crippen molar-refractivity contribution in [3.8, 4) is 23.0 Å². The van der Waals surface area contributed by atoms with E-state index in [1.54, 1.807) is 24.4 Å². The lowest BCUT2D eigenvalue weighted by Gasteiger charge is -2.45. The molecule has 2 N–H and O–H groups in total. The Hall–Kier alpha value is -5.70. The van der Waals surface area contributed by atoms with Crippen LogP contribution in [0.2, 0.25) is 0 Å². The predicted molar refractivity (Wildman–Crippen MR) is 209 cm³/mol. The van der Waals surface area contributed by atoms with Crippen molar-refractivity contribution in [2.24, 2.45) is 0 Å². The number of amides is 4. The molecular weight excluding hydrogens is 742 g/mol. The summed E-state index contributed by atoms with van der Waals surface area (Å²) >= 11 is 1.19. The summed E-state index contributed by atoms with van der Waals surface area (Å²) in [6.45, 7) is 7.82. The van der Waals surface area contributed by atoms with Gasteiger partial charge in [-0.05, 0) is 81.3 Å². The van der Waals surface area contributed by atoms with E-state index in [1.165, 1.54) is 60.5 Å². The van der Waals surface area contributed by atoms with Gasteiger partial charge in [0.1, 0.15) is 17.4 Å². The number of thiazole rings is 1. The minimum Gasteiger partial charge on any atom is -0.493 e. The third-order valence-corrected chi connectivity index (χ3v) is 11.1. The van der Waals surface area contributed by atoms with Crippen molar-refractivity contribution in [3.63, 3.8) is 0 Å². The van der Waals surface area contributed by atoms with Gasteiger partial charge in [0.05, 0.1) is 33.1 Å². The van der Waals surface area contributed by atoms with Crippen molar-refractivity contribution < 1.29 is 42.5 Å². The lowest BCUT2D eigenvalue weighted by Crippen LogP contribution is -2.70. The molecule has 4 unspecified atom stereocenters. The van der Waals surface area contributed by atoms with Gasteiger partial charge in [0.15, 0.2) is 28.1 Å². The number of benzene rings is 3. The Morgan fingerprint density at radius 1 is 0.875 bits per heavy atom. The number of carbonyl (C=O) groups is 4. The van der Waals surface area contributed by atoms with E-state index in [0.29, 0.717) is 41.9 Å². The van der Waals surface area contributed by atoms with Gasteiger partial charge in [-0.1, -0.05) is 18.2 Å². The van der Waals surface area contributed by atoms with Crippen LogP contribution in [0.1, 0.15) is 62.3 Å². The van der Waals surface area contributed by atoms with Gasteiger partial charge >= 0.3 is 0 Å². The maximum atomic E-state index is 14.9. The average Bonchev–Trinajstić information content (AvgIpc) is 3.89. The second kappa shape index (κ2) is 17.0. The van der Waals surface area contributed by atoms with Crippen LogP contribution in [0.3, 0.4) is 0 Å². The molecular formula is C41H46FN5O8S. The average molecular weight is 788 g/mol. The number of anilines is 2. The van der Waals surface area contributed by atoms with Crippen LogP contribution in [0.4, 0.5) is 15.2 Å². The largest absolute Gasteiger partial charge is 0.493 e. The van der Waals surface area contributed by atoms with E-state index in [0.717, 1.165) is 17.2 Å². The number of hydrogen-bond donors (Lipinski definition) is 2. The zero-order valence-electron chi connectivity index (χ0n) is 32.2. The van der Waals surface area contributed by atoms with Gasteiger partial charge in [-0.15, -0.1) is 11.3 Å². The van der Waals surface area contributed by atoms with Crippen molar-refractivity contribution in [3.05, 3.63) is 88.7 Å².